The largest absolute Gasteiger partial charge is 0.317 e. The lowest BCUT2D eigenvalue weighted by molar-refractivity contribution is 0.102. The molecule has 20 heavy (non-hydrogen) atoms. The van der Waals surface area contributed by atoms with Gasteiger partial charge in [-0.2, -0.15) is 0 Å². The van der Waals surface area contributed by atoms with Gasteiger partial charge in [0.25, 0.3) is 5.91 Å². The number of halogens is 3. The molecule has 0 atom stereocenters. The van der Waals surface area contributed by atoms with Gasteiger partial charge >= 0.3 is 0 Å². The summed E-state index contributed by atoms with van der Waals surface area (Å²) in [5, 5.41) is 3.03. The third-order valence-electron chi connectivity index (χ3n) is 2.41. The van der Waals surface area contributed by atoms with Crippen molar-refractivity contribution < 1.29 is 4.79 Å². The first-order valence-corrected chi connectivity index (χ1v) is 7.69. The van der Waals surface area contributed by atoms with Crippen LogP contribution in [0, 0.1) is 0 Å². The minimum atomic E-state index is -0.426. The van der Waals surface area contributed by atoms with Gasteiger partial charge in [0.2, 0.25) is 0 Å². The molecule has 1 N–H and O–H groups in total. The number of rotatable bonds is 3. The van der Waals surface area contributed by atoms with E-state index in [0.717, 1.165) is 4.90 Å². The van der Waals surface area contributed by atoms with Crippen LogP contribution in [0.5, 0.6) is 0 Å². The first-order valence-electron chi connectivity index (χ1n) is 5.34. The Morgan fingerprint density at radius 3 is 2.45 bits per heavy atom. The standard InChI is InChI=1S/C12H8Cl3N3OS/c1-20-6-2-3-8(13)7(4-6)12(19)18-9-10(14)16-5-17-11(9)15/h2-5H,1H3,(H,18,19). The van der Waals surface area contributed by atoms with Crippen LogP contribution in [0.25, 0.3) is 0 Å². The predicted molar refractivity (Wildman–Crippen MR) is 83.2 cm³/mol. The highest BCUT2D eigenvalue weighted by molar-refractivity contribution is 7.98. The van der Waals surface area contributed by atoms with Gasteiger partial charge in [0.05, 0.1) is 10.6 Å². The van der Waals surface area contributed by atoms with Gasteiger partial charge in [-0.05, 0) is 24.5 Å². The Kier molecular flexibility index (Phi) is 5.10. The summed E-state index contributed by atoms with van der Waals surface area (Å²) in [6.07, 6.45) is 3.12. The van der Waals surface area contributed by atoms with Gasteiger partial charge in [-0.3, -0.25) is 4.79 Å². The summed E-state index contributed by atoms with van der Waals surface area (Å²) >= 11 is 19.3. The number of carbonyl (C=O) groups excluding carboxylic acids is 1. The van der Waals surface area contributed by atoms with E-state index in [0.29, 0.717) is 10.6 Å². The summed E-state index contributed by atoms with van der Waals surface area (Å²) in [4.78, 5) is 20.7. The molecule has 0 fully saturated rings. The number of amides is 1. The summed E-state index contributed by atoms with van der Waals surface area (Å²) in [6.45, 7) is 0. The smallest absolute Gasteiger partial charge is 0.257 e. The van der Waals surface area contributed by atoms with Crippen LogP contribution in [-0.2, 0) is 0 Å². The summed E-state index contributed by atoms with van der Waals surface area (Å²) in [6, 6.07) is 5.18. The van der Waals surface area contributed by atoms with Crippen LogP contribution in [0.15, 0.2) is 29.4 Å². The summed E-state index contributed by atoms with van der Waals surface area (Å²) in [7, 11) is 0. The van der Waals surface area contributed by atoms with Crippen molar-refractivity contribution in [1.82, 2.24) is 9.97 Å². The van der Waals surface area contributed by atoms with Crippen LogP contribution >= 0.6 is 46.6 Å². The van der Waals surface area contributed by atoms with Gasteiger partial charge in [-0.15, -0.1) is 11.8 Å². The van der Waals surface area contributed by atoms with E-state index >= 15 is 0 Å². The molecule has 0 radical (unpaired) electrons. The summed E-state index contributed by atoms with van der Waals surface area (Å²) in [5.74, 6) is -0.426. The first-order chi connectivity index (χ1) is 9.52. The highest BCUT2D eigenvalue weighted by Gasteiger charge is 2.16. The van der Waals surface area contributed by atoms with Gasteiger partial charge in [0, 0.05) is 4.90 Å². The Bertz CT molecular complexity index is 646. The van der Waals surface area contributed by atoms with Crippen molar-refractivity contribution in [2.75, 3.05) is 11.6 Å². The monoisotopic (exact) mass is 347 g/mol. The predicted octanol–water partition coefficient (Wildman–Crippen LogP) is 4.41. The number of thioether (sulfide) groups is 1. The number of anilines is 1. The van der Waals surface area contributed by atoms with Gasteiger partial charge in [0.15, 0.2) is 10.3 Å². The Labute approximate surface area is 134 Å². The molecule has 0 spiro atoms. The van der Waals surface area contributed by atoms with Crippen molar-refractivity contribution in [1.29, 1.82) is 0 Å². The van der Waals surface area contributed by atoms with Crippen molar-refractivity contribution in [3.8, 4) is 0 Å². The van der Waals surface area contributed by atoms with Crippen LogP contribution in [-0.4, -0.2) is 22.1 Å². The normalized spacial score (nSPS) is 10.4. The Morgan fingerprint density at radius 2 is 1.85 bits per heavy atom. The zero-order chi connectivity index (χ0) is 14.7. The van der Waals surface area contributed by atoms with Crippen LogP contribution in [0.3, 0.4) is 0 Å². The zero-order valence-corrected chi connectivity index (χ0v) is 13.2. The molecule has 1 heterocycles. The molecular formula is C12H8Cl3N3OS. The van der Waals surface area contributed by atoms with Crippen LogP contribution < -0.4 is 5.32 Å². The summed E-state index contributed by atoms with van der Waals surface area (Å²) < 4.78 is 0. The maximum Gasteiger partial charge on any atom is 0.257 e. The van der Waals surface area contributed by atoms with E-state index in [-0.39, 0.29) is 16.0 Å². The molecule has 2 rings (SSSR count). The zero-order valence-electron chi connectivity index (χ0n) is 10.2. The van der Waals surface area contributed by atoms with Crippen LogP contribution in [0.4, 0.5) is 5.69 Å². The molecule has 0 saturated heterocycles. The molecule has 1 aromatic heterocycles. The second-order valence-electron chi connectivity index (χ2n) is 3.63. The van der Waals surface area contributed by atoms with E-state index in [4.69, 9.17) is 34.8 Å². The molecule has 0 aliphatic rings. The molecule has 0 saturated carbocycles. The molecule has 104 valence electrons. The van der Waals surface area contributed by atoms with Crippen molar-refractivity contribution in [2.24, 2.45) is 0 Å². The van der Waals surface area contributed by atoms with E-state index in [1.54, 1.807) is 12.1 Å². The van der Waals surface area contributed by atoms with Crippen LogP contribution in [0.2, 0.25) is 15.3 Å². The number of benzene rings is 1. The van der Waals surface area contributed by atoms with Crippen molar-refractivity contribution in [3.63, 3.8) is 0 Å². The molecule has 4 nitrogen and oxygen atoms in total. The third-order valence-corrected chi connectivity index (χ3v) is 4.04. The van der Waals surface area contributed by atoms with Gasteiger partial charge in [0.1, 0.15) is 12.0 Å². The second-order valence-corrected chi connectivity index (χ2v) is 5.63. The number of nitrogens with one attached hydrogen (secondary N) is 1. The Balaban J connectivity index is 2.33. The van der Waals surface area contributed by atoms with E-state index in [1.807, 2.05) is 12.3 Å². The molecule has 1 amide bonds. The SMILES string of the molecule is CSc1ccc(Cl)c(C(=O)Nc2c(Cl)ncnc2Cl)c1. The van der Waals surface area contributed by atoms with Crippen molar-refractivity contribution >= 4 is 58.2 Å². The molecule has 8 heteroatoms. The second kappa shape index (κ2) is 6.63. The quantitative estimate of drug-likeness (QED) is 0.659. The number of nitrogens with zero attached hydrogens (tertiary/aromatic N) is 2. The van der Waals surface area contributed by atoms with E-state index in [9.17, 15) is 4.79 Å². The number of hydrogen-bond acceptors (Lipinski definition) is 4. The Morgan fingerprint density at radius 1 is 1.20 bits per heavy atom. The summed E-state index contributed by atoms with van der Waals surface area (Å²) in [5.41, 5.74) is 0.487. The highest BCUT2D eigenvalue weighted by atomic mass is 35.5. The minimum absolute atomic E-state index is 0.0653. The van der Waals surface area contributed by atoms with Gasteiger partial charge in [-0.1, -0.05) is 34.8 Å². The number of carbonyl (C=O) groups is 1. The van der Waals surface area contributed by atoms with Gasteiger partial charge in [-0.25, -0.2) is 9.97 Å². The number of aromatic nitrogens is 2. The average molecular weight is 349 g/mol. The third kappa shape index (κ3) is 3.35. The molecular weight excluding hydrogens is 341 g/mol. The Hall–Kier alpha value is -1.01. The lowest BCUT2D eigenvalue weighted by Crippen LogP contribution is -2.14. The van der Waals surface area contributed by atoms with E-state index in [2.05, 4.69) is 15.3 Å². The topological polar surface area (TPSA) is 54.9 Å². The molecule has 0 unspecified atom stereocenters. The van der Waals surface area contributed by atoms with Crippen molar-refractivity contribution in [3.05, 3.63) is 45.4 Å². The highest BCUT2D eigenvalue weighted by Crippen LogP contribution is 2.28. The maximum atomic E-state index is 12.2. The molecule has 0 aliphatic carbocycles. The molecule has 2 aromatic rings. The minimum Gasteiger partial charge on any atom is -0.317 e. The fourth-order valence-electron chi connectivity index (χ4n) is 1.43. The maximum absolute atomic E-state index is 12.2. The van der Waals surface area contributed by atoms with Gasteiger partial charge < -0.3 is 5.32 Å². The van der Waals surface area contributed by atoms with E-state index in [1.165, 1.54) is 18.1 Å². The fraction of sp³-hybridized carbons (Fsp3) is 0.0833. The number of hydrogen-bond donors (Lipinski definition) is 1. The molecule has 0 aliphatic heterocycles. The fourth-order valence-corrected chi connectivity index (χ4v) is 2.49. The molecule has 1 aromatic carbocycles. The lowest BCUT2D eigenvalue weighted by Gasteiger charge is -2.09. The molecule has 0 bridgehead atoms. The average Bonchev–Trinajstić information content (AvgIpc) is 2.43. The van der Waals surface area contributed by atoms with Crippen molar-refractivity contribution in [2.45, 2.75) is 4.90 Å². The van der Waals surface area contributed by atoms with E-state index < -0.39 is 5.91 Å². The first kappa shape index (κ1) is 15.4. The van der Waals surface area contributed by atoms with Crippen LogP contribution in [0.1, 0.15) is 10.4 Å². The lowest BCUT2D eigenvalue weighted by atomic mass is 10.2.